The van der Waals surface area contributed by atoms with Crippen LogP contribution < -0.4 is 14.2 Å². The molecule has 0 amide bonds. The Labute approximate surface area is 164 Å². The van der Waals surface area contributed by atoms with E-state index in [2.05, 4.69) is 126 Å². The van der Waals surface area contributed by atoms with Crippen molar-refractivity contribution in [3.63, 3.8) is 0 Å². The van der Waals surface area contributed by atoms with Crippen LogP contribution >= 0.6 is 0 Å². The van der Waals surface area contributed by atoms with Gasteiger partial charge in [0, 0.05) is 17.1 Å². The van der Waals surface area contributed by atoms with E-state index >= 15 is 0 Å². The van der Waals surface area contributed by atoms with Gasteiger partial charge in [-0.3, -0.25) is 0 Å². The molecule has 4 rings (SSSR count). The van der Waals surface area contributed by atoms with Crippen LogP contribution in [0.4, 0.5) is 17.1 Å². The fourth-order valence-corrected chi connectivity index (χ4v) is 4.43. The van der Waals surface area contributed by atoms with Crippen molar-refractivity contribution in [2.75, 3.05) is 14.2 Å². The molecule has 132 valence electrons. The average molecular weight is 351 g/mol. The van der Waals surface area contributed by atoms with Gasteiger partial charge in [-0.2, -0.15) is 0 Å². The van der Waals surface area contributed by atoms with E-state index in [0.717, 1.165) is 0 Å². The lowest BCUT2D eigenvalue weighted by molar-refractivity contribution is 1.26. The Balaban J connectivity index is 1.83. The van der Waals surface area contributed by atoms with Crippen molar-refractivity contribution in [2.24, 2.45) is 0 Å². The van der Waals surface area contributed by atoms with Gasteiger partial charge in [0.25, 0.3) is 0 Å². The third-order valence-corrected chi connectivity index (χ3v) is 5.58. The van der Waals surface area contributed by atoms with Gasteiger partial charge in [0.2, 0.25) is 0 Å². The van der Waals surface area contributed by atoms with Crippen molar-refractivity contribution in [2.45, 2.75) is 20.5 Å². The van der Waals surface area contributed by atoms with E-state index in [-0.39, 0.29) is 20.9 Å². The van der Waals surface area contributed by atoms with Gasteiger partial charge in [-0.1, -0.05) is 54.6 Å². The minimum atomic E-state index is 0.236. The molecule has 0 aliphatic carbocycles. The monoisotopic (exact) mass is 351 g/mol. The molecule has 0 aromatic heterocycles. The van der Waals surface area contributed by atoms with Gasteiger partial charge in [-0.05, 0) is 56.9 Å². The highest BCUT2D eigenvalue weighted by Crippen LogP contribution is 2.32. The maximum Gasteiger partial charge on any atom is 0.349 e. The van der Waals surface area contributed by atoms with E-state index in [9.17, 15) is 0 Å². The number of hydrogen-bond acceptors (Lipinski definition) is 3. The molecule has 3 nitrogen and oxygen atoms in total. The third-order valence-electron chi connectivity index (χ3n) is 5.58. The summed E-state index contributed by atoms with van der Waals surface area (Å²) < 4.78 is 7.50. The lowest BCUT2D eigenvalue weighted by atomic mass is 9.44. The first-order valence-electron chi connectivity index (χ1n) is 9.68. The van der Waals surface area contributed by atoms with Crippen molar-refractivity contribution in [3.05, 3.63) is 91.0 Å². The Morgan fingerprint density at radius 1 is 0.407 bits per heavy atom. The number of anilines is 3. The van der Waals surface area contributed by atoms with Gasteiger partial charge < -0.3 is 14.2 Å². The second-order valence-corrected chi connectivity index (χ2v) is 7.12. The SMILES string of the molecule is CB1N(c2ccccc2)B(C)N(c2ccccc2)B(C)N1c1ccccc1. The van der Waals surface area contributed by atoms with E-state index < -0.39 is 0 Å². The van der Waals surface area contributed by atoms with E-state index in [1.165, 1.54) is 17.1 Å². The van der Waals surface area contributed by atoms with Crippen molar-refractivity contribution in [3.8, 4) is 0 Å². The van der Waals surface area contributed by atoms with Gasteiger partial charge in [0.15, 0.2) is 0 Å². The maximum absolute atomic E-state index is 2.50. The Bertz CT molecular complexity index is 734. The highest BCUT2D eigenvalue weighted by atomic mass is 15.3. The number of benzene rings is 3. The molecule has 0 spiro atoms. The number of hydrogen-bond donors (Lipinski definition) is 0. The molecule has 6 heteroatoms. The fraction of sp³-hybridized carbons (Fsp3) is 0.143. The second-order valence-electron chi connectivity index (χ2n) is 7.12. The molecule has 1 fully saturated rings. The summed E-state index contributed by atoms with van der Waals surface area (Å²) in [5.41, 5.74) is 3.73. The first-order chi connectivity index (χ1) is 13.2. The van der Waals surface area contributed by atoms with Crippen molar-refractivity contribution < 1.29 is 0 Å². The molecule has 0 radical (unpaired) electrons. The zero-order valence-corrected chi connectivity index (χ0v) is 16.2. The maximum atomic E-state index is 2.50. The topological polar surface area (TPSA) is 9.72 Å². The van der Waals surface area contributed by atoms with Crippen LogP contribution in [-0.2, 0) is 0 Å². The Morgan fingerprint density at radius 2 is 0.630 bits per heavy atom. The zero-order valence-electron chi connectivity index (χ0n) is 16.2. The molecule has 1 aliphatic rings. The second kappa shape index (κ2) is 7.47. The molecule has 3 aromatic carbocycles. The van der Waals surface area contributed by atoms with Crippen LogP contribution in [0, 0.1) is 0 Å². The third kappa shape index (κ3) is 3.20. The van der Waals surface area contributed by atoms with E-state index in [1.54, 1.807) is 0 Å². The van der Waals surface area contributed by atoms with Crippen LogP contribution in [-0.4, -0.2) is 20.9 Å². The summed E-state index contributed by atoms with van der Waals surface area (Å²) in [6.07, 6.45) is 0. The number of para-hydroxylation sites is 3. The number of rotatable bonds is 3. The first-order valence-corrected chi connectivity index (χ1v) is 9.68. The molecule has 0 bridgehead atoms. The van der Waals surface area contributed by atoms with Crippen LogP contribution in [0.5, 0.6) is 0 Å². The van der Waals surface area contributed by atoms with Gasteiger partial charge in [0.1, 0.15) is 0 Å². The summed E-state index contributed by atoms with van der Waals surface area (Å²) >= 11 is 0. The minimum Gasteiger partial charge on any atom is -0.425 e. The molecule has 0 atom stereocenters. The summed E-state index contributed by atoms with van der Waals surface area (Å²) in [6, 6.07) is 32.2. The van der Waals surface area contributed by atoms with E-state index in [0.29, 0.717) is 0 Å². The van der Waals surface area contributed by atoms with Crippen molar-refractivity contribution in [1.82, 2.24) is 0 Å². The standard InChI is InChI=1S/C21H24B3N3/c1-22-25(19-13-7-4-8-14-19)23(2)27(21-17-11-6-12-18-21)24(3)26(22)20-15-9-5-10-16-20/h4-18H,1-3H3. The van der Waals surface area contributed by atoms with E-state index in [1.807, 2.05) is 0 Å². The Kier molecular flexibility index (Phi) is 4.89. The lowest BCUT2D eigenvalue weighted by Crippen LogP contribution is -2.76. The molecule has 0 unspecified atom stereocenters. The molecule has 1 aliphatic heterocycles. The molecular formula is C21H24B3N3. The summed E-state index contributed by atoms with van der Waals surface area (Å²) in [4.78, 5) is 0. The summed E-state index contributed by atoms with van der Waals surface area (Å²) in [7, 11) is 0. The molecular weight excluding hydrogens is 327 g/mol. The first kappa shape index (κ1) is 17.7. The summed E-state index contributed by atoms with van der Waals surface area (Å²) in [5, 5.41) is 0. The van der Waals surface area contributed by atoms with Crippen molar-refractivity contribution >= 4 is 38.0 Å². The Hall–Kier alpha value is -2.75. The smallest absolute Gasteiger partial charge is 0.349 e. The predicted octanol–water partition coefficient (Wildman–Crippen LogP) is 4.87. The molecule has 0 N–H and O–H groups in total. The highest BCUT2D eigenvalue weighted by molar-refractivity contribution is 7.04. The quantitative estimate of drug-likeness (QED) is 0.624. The molecule has 1 saturated heterocycles. The zero-order chi connectivity index (χ0) is 18.8. The molecule has 1 heterocycles. The van der Waals surface area contributed by atoms with Crippen LogP contribution in [0.1, 0.15) is 0 Å². The summed E-state index contributed by atoms with van der Waals surface area (Å²) in [6.45, 7) is 7.61. The highest BCUT2D eigenvalue weighted by Gasteiger charge is 2.47. The van der Waals surface area contributed by atoms with Crippen LogP contribution in [0.2, 0.25) is 20.5 Å². The van der Waals surface area contributed by atoms with Gasteiger partial charge in [0.05, 0.1) is 0 Å². The van der Waals surface area contributed by atoms with E-state index in [4.69, 9.17) is 0 Å². The largest absolute Gasteiger partial charge is 0.425 e. The fourth-order valence-electron chi connectivity index (χ4n) is 4.43. The van der Waals surface area contributed by atoms with Gasteiger partial charge >= 0.3 is 20.9 Å². The minimum absolute atomic E-state index is 0.236. The average Bonchev–Trinajstić information content (AvgIpc) is 2.70. The van der Waals surface area contributed by atoms with Gasteiger partial charge in [-0.25, -0.2) is 0 Å². The predicted molar refractivity (Wildman–Crippen MR) is 122 cm³/mol. The van der Waals surface area contributed by atoms with Crippen LogP contribution in [0.15, 0.2) is 91.0 Å². The molecule has 27 heavy (non-hydrogen) atoms. The Morgan fingerprint density at radius 3 is 0.852 bits per heavy atom. The summed E-state index contributed by atoms with van der Waals surface area (Å²) in [5.74, 6) is 0. The lowest BCUT2D eigenvalue weighted by Gasteiger charge is -2.54. The van der Waals surface area contributed by atoms with Gasteiger partial charge in [-0.15, -0.1) is 0 Å². The van der Waals surface area contributed by atoms with Crippen LogP contribution in [0.25, 0.3) is 0 Å². The van der Waals surface area contributed by atoms with Crippen LogP contribution in [0.3, 0.4) is 0 Å². The normalized spacial score (nSPS) is 14.8. The number of nitrogens with zero attached hydrogens (tertiary/aromatic N) is 3. The van der Waals surface area contributed by atoms with Crippen molar-refractivity contribution in [1.29, 1.82) is 0 Å². The molecule has 3 aromatic rings. The molecule has 0 saturated carbocycles.